The van der Waals surface area contributed by atoms with E-state index in [1.165, 1.54) is 0 Å². The summed E-state index contributed by atoms with van der Waals surface area (Å²) in [5.41, 5.74) is 1.80. The molecule has 0 radical (unpaired) electrons. The molecule has 1 aliphatic heterocycles. The smallest absolute Gasteiger partial charge is 0.335 e. The Balaban J connectivity index is 1.75. The van der Waals surface area contributed by atoms with Crippen molar-refractivity contribution in [1.29, 1.82) is 0 Å². The molecule has 4 nitrogen and oxygen atoms in total. The monoisotopic (exact) mass is 373 g/mol. The maximum atomic E-state index is 12.9. The first kappa shape index (κ1) is 18.2. The van der Waals surface area contributed by atoms with Gasteiger partial charge in [0.2, 0.25) is 5.90 Å². The second kappa shape index (κ2) is 7.85. The van der Waals surface area contributed by atoms with Gasteiger partial charge in [-0.1, -0.05) is 67.6 Å². The highest BCUT2D eigenvalue weighted by molar-refractivity contribution is 5.99. The molecule has 4 heteroatoms. The quantitative estimate of drug-likeness (QED) is 0.587. The van der Waals surface area contributed by atoms with Gasteiger partial charge in [-0.2, -0.15) is 0 Å². The Kier molecular flexibility index (Phi) is 5.11. The molecule has 3 atom stereocenters. The van der Waals surface area contributed by atoms with Gasteiger partial charge < -0.3 is 9.47 Å². The van der Waals surface area contributed by atoms with Crippen LogP contribution in [0.4, 0.5) is 0 Å². The molecule has 3 aromatic rings. The first-order valence-electron chi connectivity index (χ1n) is 9.65. The number of esters is 1. The van der Waals surface area contributed by atoms with Gasteiger partial charge >= 0.3 is 5.97 Å². The van der Waals surface area contributed by atoms with Gasteiger partial charge in [-0.05, 0) is 36.2 Å². The minimum Gasteiger partial charge on any atom is -0.466 e. The second-order valence-electron chi connectivity index (χ2n) is 7.01. The third-order valence-corrected chi connectivity index (χ3v) is 5.07. The molecular weight excluding hydrogens is 350 g/mol. The van der Waals surface area contributed by atoms with Gasteiger partial charge in [0.05, 0.1) is 6.10 Å². The number of carbonyl (C=O) groups is 1. The van der Waals surface area contributed by atoms with Crippen LogP contribution in [0, 0.1) is 0 Å². The van der Waals surface area contributed by atoms with Crippen LogP contribution < -0.4 is 0 Å². The van der Waals surface area contributed by atoms with Crippen LogP contribution >= 0.6 is 0 Å². The third kappa shape index (κ3) is 3.50. The van der Waals surface area contributed by atoms with Crippen LogP contribution in [0.25, 0.3) is 10.8 Å². The largest absolute Gasteiger partial charge is 0.466 e. The minimum absolute atomic E-state index is 0.156. The minimum atomic E-state index is -0.727. The van der Waals surface area contributed by atoms with Gasteiger partial charge in [-0.25, -0.2) is 9.79 Å². The van der Waals surface area contributed by atoms with Crippen molar-refractivity contribution in [2.24, 2.45) is 4.99 Å². The normalized spacial score (nSPS) is 19.7. The van der Waals surface area contributed by atoms with E-state index in [0.29, 0.717) is 5.90 Å². The summed E-state index contributed by atoms with van der Waals surface area (Å²) in [4.78, 5) is 17.5. The number of carbonyl (C=O) groups excluding carboxylic acids is 1. The fourth-order valence-electron chi connectivity index (χ4n) is 3.39. The molecule has 28 heavy (non-hydrogen) atoms. The summed E-state index contributed by atoms with van der Waals surface area (Å²) in [5.74, 6) is 0.128. The van der Waals surface area contributed by atoms with Crippen molar-refractivity contribution < 1.29 is 14.3 Å². The zero-order chi connectivity index (χ0) is 19.5. The molecule has 0 unspecified atom stereocenters. The van der Waals surface area contributed by atoms with Gasteiger partial charge in [-0.3, -0.25) is 0 Å². The summed E-state index contributed by atoms with van der Waals surface area (Å²) >= 11 is 0. The molecule has 0 saturated carbocycles. The van der Waals surface area contributed by atoms with Crippen LogP contribution in [0.5, 0.6) is 0 Å². The Morgan fingerprint density at radius 1 is 1.04 bits per heavy atom. The Labute approximate surface area is 164 Å². The van der Waals surface area contributed by atoms with Crippen LogP contribution in [-0.4, -0.2) is 24.0 Å². The van der Waals surface area contributed by atoms with Crippen molar-refractivity contribution in [2.45, 2.75) is 38.5 Å². The van der Waals surface area contributed by atoms with E-state index in [9.17, 15) is 4.79 Å². The molecule has 4 rings (SSSR count). The highest BCUT2D eigenvalue weighted by atomic mass is 16.6. The first-order chi connectivity index (χ1) is 13.7. The molecule has 1 heterocycles. The fraction of sp³-hybridized carbons (Fsp3) is 0.250. The Morgan fingerprint density at radius 3 is 2.54 bits per heavy atom. The van der Waals surface area contributed by atoms with Crippen LogP contribution in [0.15, 0.2) is 77.8 Å². The lowest BCUT2D eigenvalue weighted by Gasteiger charge is -2.20. The Morgan fingerprint density at radius 2 is 1.75 bits per heavy atom. The Bertz CT molecular complexity index is 1010. The molecular formula is C24H23NO3. The van der Waals surface area contributed by atoms with Crippen LogP contribution in [0.2, 0.25) is 0 Å². The predicted octanol–water partition coefficient (Wildman–Crippen LogP) is 5.07. The van der Waals surface area contributed by atoms with E-state index in [1.807, 2.05) is 74.5 Å². The SMILES string of the molecule is CC[C@H](C)OC(=O)[C@@H]1N=C(c2ccccc2)O[C@H]1c1cccc2ccccc12. The maximum absolute atomic E-state index is 12.9. The van der Waals surface area contributed by atoms with E-state index < -0.39 is 12.1 Å². The third-order valence-electron chi connectivity index (χ3n) is 5.07. The number of hydrogen-bond donors (Lipinski definition) is 0. The van der Waals surface area contributed by atoms with Crippen molar-refractivity contribution in [3.05, 3.63) is 83.9 Å². The lowest BCUT2D eigenvalue weighted by Crippen LogP contribution is -2.29. The zero-order valence-corrected chi connectivity index (χ0v) is 16.0. The summed E-state index contributed by atoms with van der Waals surface area (Å²) in [6.45, 7) is 3.88. The summed E-state index contributed by atoms with van der Waals surface area (Å²) in [5, 5.41) is 2.16. The van der Waals surface area contributed by atoms with E-state index in [-0.39, 0.29) is 12.1 Å². The highest BCUT2D eigenvalue weighted by Crippen LogP contribution is 2.36. The van der Waals surface area contributed by atoms with E-state index in [2.05, 4.69) is 17.1 Å². The number of hydrogen-bond acceptors (Lipinski definition) is 4. The standard InChI is InChI=1S/C24H23NO3/c1-3-16(2)27-24(26)21-22(28-23(25-21)18-11-5-4-6-12-18)20-15-9-13-17-10-7-8-14-19(17)20/h4-16,21-22H,3H2,1-2H3/t16-,21+,22-/m0/s1. The van der Waals surface area contributed by atoms with Crippen molar-refractivity contribution in [1.82, 2.24) is 0 Å². The first-order valence-corrected chi connectivity index (χ1v) is 9.65. The number of fused-ring (bicyclic) bond motifs is 1. The molecule has 0 amide bonds. The van der Waals surface area contributed by atoms with E-state index in [4.69, 9.17) is 9.47 Å². The number of rotatable bonds is 5. The van der Waals surface area contributed by atoms with Crippen LogP contribution in [0.1, 0.15) is 37.5 Å². The van der Waals surface area contributed by atoms with E-state index in [0.717, 1.165) is 28.3 Å². The highest BCUT2D eigenvalue weighted by Gasteiger charge is 2.40. The topological polar surface area (TPSA) is 47.9 Å². The van der Waals surface area contributed by atoms with Gasteiger partial charge in [0.25, 0.3) is 0 Å². The summed E-state index contributed by atoms with van der Waals surface area (Å²) < 4.78 is 11.8. The molecule has 3 aromatic carbocycles. The molecule has 0 bridgehead atoms. The van der Waals surface area contributed by atoms with Gasteiger partial charge in [-0.15, -0.1) is 0 Å². The van der Waals surface area contributed by atoms with Crippen molar-refractivity contribution in [3.63, 3.8) is 0 Å². The number of nitrogens with zero attached hydrogens (tertiary/aromatic N) is 1. The lowest BCUT2D eigenvalue weighted by molar-refractivity contribution is -0.151. The average Bonchev–Trinajstić information content (AvgIpc) is 3.19. The average molecular weight is 373 g/mol. The molecule has 0 N–H and O–H groups in total. The van der Waals surface area contributed by atoms with Crippen LogP contribution in [0.3, 0.4) is 0 Å². The molecule has 0 fully saturated rings. The van der Waals surface area contributed by atoms with Crippen molar-refractivity contribution in [2.75, 3.05) is 0 Å². The predicted molar refractivity (Wildman–Crippen MR) is 110 cm³/mol. The van der Waals surface area contributed by atoms with Crippen molar-refractivity contribution >= 4 is 22.6 Å². The Hall–Kier alpha value is -3.14. The maximum Gasteiger partial charge on any atom is 0.335 e. The van der Waals surface area contributed by atoms with E-state index >= 15 is 0 Å². The molecule has 0 aromatic heterocycles. The van der Waals surface area contributed by atoms with Crippen molar-refractivity contribution in [3.8, 4) is 0 Å². The van der Waals surface area contributed by atoms with Gasteiger partial charge in [0.15, 0.2) is 12.1 Å². The summed E-state index contributed by atoms with van der Waals surface area (Å²) in [6, 6.07) is 23.1. The molecule has 0 spiro atoms. The number of aliphatic imine (C=N–C) groups is 1. The van der Waals surface area contributed by atoms with E-state index in [1.54, 1.807) is 0 Å². The number of benzene rings is 3. The summed E-state index contributed by atoms with van der Waals surface area (Å²) in [6.07, 6.45) is 0.0857. The summed E-state index contributed by atoms with van der Waals surface area (Å²) in [7, 11) is 0. The molecule has 1 aliphatic rings. The second-order valence-corrected chi connectivity index (χ2v) is 7.01. The molecule has 0 aliphatic carbocycles. The zero-order valence-electron chi connectivity index (χ0n) is 16.0. The fourth-order valence-corrected chi connectivity index (χ4v) is 3.39. The molecule has 0 saturated heterocycles. The van der Waals surface area contributed by atoms with Crippen LogP contribution in [-0.2, 0) is 14.3 Å². The number of ether oxygens (including phenoxy) is 2. The van der Waals surface area contributed by atoms with Gasteiger partial charge in [0.1, 0.15) is 0 Å². The van der Waals surface area contributed by atoms with Gasteiger partial charge in [0, 0.05) is 11.1 Å². The molecule has 142 valence electrons. The lowest BCUT2D eigenvalue weighted by atomic mass is 9.96.